The zero-order chi connectivity index (χ0) is 25.0. The topological polar surface area (TPSA) is 54.9 Å². The molecule has 0 saturated heterocycles. The summed E-state index contributed by atoms with van der Waals surface area (Å²) < 4.78 is 42.3. The molecule has 4 nitrogen and oxygen atoms in total. The molecular weight excluding hydrogens is 534 g/mol. The number of carbonyl (C=O) groups is 1. The third-order valence-electron chi connectivity index (χ3n) is 5.15. The number of fused-ring (bicyclic) bond motifs is 1. The van der Waals surface area contributed by atoms with E-state index in [0.29, 0.717) is 15.7 Å². The summed E-state index contributed by atoms with van der Waals surface area (Å²) in [5.41, 5.74) is 1.61. The van der Waals surface area contributed by atoms with E-state index < -0.39 is 27.5 Å². The first kappa shape index (κ1) is 25.3. The van der Waals surface area contributed by atoms with E-state index in [1.54, 1.807) is 24.4 Å². The molecule has 0 aliphatic heterocycles. The van der Waals surface area contributed by atoms with Crippen LogP contribution in [0.2, 0.25) is 0 Å². The number of alkyl halides is 3. The summed E-state index contributed by atoms with van der Waals surface area (Å²) in [7, 11) is 0. The quantitative estimate of drug-likeness (QED) is 0.322. The summed E-state index contributed by atoms with van der Waals surface area (Å²) in [6.07, 6.45) is -0.901. The van der Waals surface area contributed by atoms with Crippen molar-refractivity contribution in [3.8, 4) is 0 Å². The number of hydrogen-bond donors (Lipinski definition) is 1. The second kappa shape index (κ2) is 10.8. The van der Waals surface area contributed by atoms with Crippen LogP contribution in [0.5, 0.6) is 0 Å². The Bertz CT molecular complexity index is 1360. The number of benzene rings is 2. The number of pyridine rings is 2. The van der Waals surface area contributed by atoms with Crippen LogP contribution in [0.1, 0.15) is 31.5 Å². The Kier molecular flexibility index (Phi) is 7.82. The Morgan fingerprint density at radius 3 is 2.49 bits per heavy atom. The van der Waals surface area contributed by atoms with Gasteiger partial charge in [-0.05, 0) is 0 Å². The summed E-state index contributed by atoms with van der Waals surface area (Å²) >= 11 is 0.289. The number of rotatable bonds is 7. The van der Waals surface area contributed by atoms with Gasteiger partial charge in [0.05, 0.1) is 0 Å². The zero-order valence-electron chi connectivity index (χ0n) is 19.1. The van der Waals surface area contributed by atoms with Gasteiger partial charge < -0.3 is 0 Å². The molecule has 0 radical (unpaired) electrons. The van der Waals surface area contributed by atoms with Gasteiger partial charge in [0.1, 0.15) is 0 Å². The van der Waals surface area contributed by atoms with E-state index in [2.05, 4.69) is 22.2 Å². The third-order valence-corrected chi connectivity index (χ3v) is 9.52. The van der Waals surface area contributed by atoms with Crippen molar-refractivity contribution in [2.75, 3.05) is 5.32 Å². The molecule has 1 atom stereocenters. The predicted octanol–water partition coefficient (Wildman–Crippen LogP) is 5.10. The molecule has 1 unspecified atom stereocenters. The maximum absolute atomic E-state index is 13.5. The Hall–Kier alpha value is -2.83. The predicted molar refractivity (Wildman–Crippen MR) is 136 cm³/mol. The number of hydrogen-bond acceptors (Lipinski definition) is 4. The summed E-state index contributed by atoms with van der Waals surface area (Å²) in [5, 5.41) is 3.60. The molecule has 0 aliphatic rings. The van der Waals surface area contributed by atoms with Gasteiger partial charge in [-0.15, -0.1) is 0 Å². The minimum atomic E-state index is -4.42. The number of amides is 1. The van der Waals surface area contributed by atoms with Crippen LogP contribution in [0.3, 0.4) is 0 Å². The van der Waals surface area contributed by atoms with Crippen LogP contribution in [-0.4, -0.2) is 31.6 Å². The van der Waals surface area contributed by atoms with Gasteiger partial charge in [-0.25, -0.2) is 0 Å². The molecule has 1 amide bonds. The van der Waals surface area contributed by atoms with E-state index in [1.807, 2.05) is 30.3 Å². The average molecular weight is 557 g/mol. The van der Waals surface area contributed by atoms with Crippen LogP contribution in [0.25, 0.3) is 11.0 Å². The van der Waals surface area contributed by atoms with Crippen LogP contribution in [0.4, 0.5) is 18.9 Å². The standard InChI is InChI=1S/C26H23AsF3N3OS/c1-3-4-18-8-11-21-22(13-14-31-25(21)33-18)27-23-15-17(26(28,29)30)5-12-24(23)35-20-9-6-19(7-10-20)32-16(2)34/h5-15,27H,3-4H2,1-2H3,(H,32,34). The Morgan fingerprint density at radius 1 is 1.03 bits per heavy atom. The van der Waals surface area contributed by atoms with Crippen LogP contribution >= 0.6 is 11.8 Å². The normalized spacial score (nSPS) is 11.9. The van der Waals surface area contributed by atoms with E-state index in [9.17, 15) is 18.0 Å². The Balaban J connectivity index is 1.69. The zero-order valence-corrected chi connectivity index (χ0v) is 22.0. The second-order valence-corrected chi connectivity index (χ2v) is 11.8. The van der Waals surface area contributed by atoms with Gasteiger partial charge in [0, 0.05) is 0 Å². The fraction of sp³-hybridized carbons (Fsp3) is 0.192. The average Bonchev–Trinajstić information content (AvgIpc) is 2.80. The molecule has 9 heteroatoms. The number of nitrogens with one attached hydrogen (secondary N) is 1. The van der Waals surface area contributed by atoms with Crippen molar-refractivity contribution in [1.29, 1.82) is 0 Å². The van der Waals surface area contributed by atoms with Crippen molar-refractivity contribution in [2.45, 2.75) is 42.7 Å². The van der Waals surface area contributed by atoms with Crippen molar-refractivity contribution in [3.05, 3.63) is 78.1 Å². The molecule has 0 aliphatic carbocycles. The second-order valence-electron chi connectivity index (χ2n) is 7.92. The SMILES string of the molecule is CCCc1ccc2c([AsH]c3cc(C(F)(F)F)ccc3Sc3ccc(NC(C)=O)cc3)ccnc2n1. The van der Waals surface area contributed by atoms with Gasteiger partial charge in [-0.1, -0.05) is 0 Å². The van der Waals surface area contributed by atoms with Crippen molar-refractivity contribution >= 4 is 58.8 Å². The number of anilines is 1. The maximum atomic E-state index is 13.5. The van der Waals surface area contributed by atoms with Crippen molar-refractivity contribution in [1.82, 2.24) is 9.97 Å². The fourth-order valence-electron chi connectivity index (χ4n) is 3.55. The summed E-state index contributed by atoms with van der Waals surface area (Å²) in [6, 6.07) is 17.1. The van der Waals surface area contributed by atoms with E-state index >= 15 is 0 Å². The molecule has 1 N–H and O–H groups in total. The number of aromatic nitrogens is 2. The first-order valence-corrected chi connectivity index (χ1v) is 13.9. The van der Waals surface area contributed by atoms with E-state index in [1.165, 1.54) is 24.8 Å². The number of halogens is 3. The minimum absolute atomic E-state index is 0.165. The Labute approximate surface area is 212 Å². The van der Waals surface area contributed by atoms with Crippen LogP contribution in [0, 0.1) is 0 Å². The van der Waals surface area contributed by atoms with Crippen LogP contribution in [-0.2, 0) is 17.4 Å². The van der Waals surface area contributed by atoms with E-state index in [0.717, 1.165) is 44.1 Å². The number of aryl methyl sites for hydroxylation is 1. The third kappa shape index (κ3) is 6.44. The molecule has 0 fully saturated rings. The monoisotopic (exact) mass is 557 g/mol. The number of carbonyl (C=O) groups excluding carboxylic acids is 1. The van der Waals surface area contributed by atoms with Gasteiger partial charge in [-0.3, -0.25) is 0 Å². The molecule has 2 aromatic carbocycles. The van der Waals surface area contributed by atoms with Gasteiger partial charge in [-0.2, -0.15) is 0 Å². The molecule has 35 heavy (non-hydrogen) atoms. The summed E-state index contributed by atoms with van der Waals surface area (Å²) in [4.78, 5) is 21.9. The molecular formula is C26H23AsF3N3OS. The summed E-state index contributed by atoms with van der Waals surface area (Å²) in [5.74, 6) is -0.165. The van der Waals surface area contributed by atoms with E-state index in [4.69, 9.17) is 0 Å². The van der Waals surface area contributed by atoms with Crippen LogP contribution < -0.4 is 14.0 Å². The molecule has 4 rings (SSSR count). The van der Waals surface area contributed by atoms with Gasteiger partial charge in [0.15, 0.2) is 0 Å². The molecule has 2 heterocycles. The Morgan fingerprint density at radius 2 is 1.80 bits per heavy atom. The molecule has 0 bridgehead atoms. The first-order valence-electron chi connectivity index (χ1n) is 11.0. The summed E-state index contributed by atoms with van der Waals surface area (Å²) in [6.45, 7) is 3.52. The van der Waals surface area contributed by atoms with Gasteiger partial charge >= 0.3 is 213 Å². The fourth-order valence-corrected chi connectivity index (χ4v) is 7.51. The molecule has 0 spiro atoms. The van der Waals surface area contributed by atoms with Crippen molar-refractivity contribution in [3.63, 3.8) is 0 Å². The van der Waals surface area contributed by atoms with Crippen LogP contribution in [0.15, 0.2) is 76.7 Å². The molecule has 2 aromatic heterocycles. The van der Waals surface area contributed by atoms with Gasteiger partial charge in [0.25, 0.3) is 0 Å². The van der Waals surface area contributed by atoms with Crippen molar-refractivity contribution < 1.29 is 18.0 Å². The molecule has 180 valence electrons. The number of nitrogens with zero attached hydrogens (tertiary/aromatic N) is 2. The molecule has 4 aromatic rings. The first-order chi connectivity index (χ1) is 16.7. The van der Waals surface area contributed by atoms with Gasteiger partial charge in [0.2, 0.25) is 0 Å². The molecule has 0 saturated carbocycles. The van der Waals surface area contributed by atoms with Crippen molar-refractivity contribution in [2.24, 2.45) is 0 Å². The van der Waals surface area contributed by atoms with E-state index in [-0.39, 0.29) is 5.91 Å².